The lowest BCUT2D eigenvalue weighted by Gasteiger charge is -2.23. The molecule has 0 bridgehead atoms. The molecule has 0 unspecified atom stereocenters. The van der Waals surface area contributed by atoms with Gasteiger partial charge in [-0.25, -0.2) is 0 Å². The van der Waals surface area contributed by atoms with Crippen LogP contribution >= 0.6 is 27.0 Å². The van der Waals surface area contributed by atoms with Crippen molar-refractivity contribution in [3.63, 3.8) is 0 Å². The molecule has 1 amide bonds. The SMILES string of the molecule is CC[C@H](N)C(=O)NCCCC#Cc1cccc(O[C@H]2CCCNC2)c1.S.S. The molecular formula is C20H33N3O2S2. The van der Waals surface area contributed by atoms with Crippen molar-refractivity contribution >= 4 is 32.9 Å². The molecule has 4 N–H and O–H groups in total. The normalized spacial score (nSPS) is 16.6. The lowest BCUT2D eigenvalue weighted by Crippen LogP contribution is -2.40. The molecule has 0 saturated carbocycles. The van der Waals surface area contributed by atoms with Gasteiger partial charge in [-0.1, -0.05) is 24.8 Å². The third kappa shape index (κ3) is 9.96. The number of unbranched alkanes of at least 4 members (excludes halogenated alkanes) is 1. The molecule has 2 atom stereocenters. The highest BCUT2D eigenvalue weighted by Crippen LogP contribution is 2.17. The Morgan fingerprint density at radius 3 is 2.96 bits per heavy atom. The quantitative estimate of drug-likeness (QED) is 0.474. The number of ether oxygens (including phenoxy) is 1. The molecule has 2 rings (SSSR count). The lowest BCUT2D eigenvalue weighted by atomic mass is 10.1. The molecule has 0 aliphatic carbocycles. The minimum atomic E-state index is -0.409. The van der Waals surface area contributed by atoms with Crippen molar-refractivity contribution in [1.29, 1.82) is 0 Å². The third-order valence-corrected chi connectivity index (χ3v) is 4.18. The number of hydrogen-bond donors (Lipinski definition) is 3. The Bertz CT molecular complexity index is 611. The summed E-state index contributed by atoms with van der Waals surface area (Å²) in [6.45, 7) is 4.50. The van der Waals surface area contributed by atoms with Crippen LogP contribution in [-0.4, -0.2) is 37.7 Å². The van der Waals surface area contributed by atoms with Crippen LogP contribution in [0.1, 0.15) is 44.6 Å². The molecule has 1 saturated heterocycles. The van der Waals surface area contributed by atoms with Gasteiger partial charge in [-0.15, -0.1) is 0 Å². The van der Waals surface area contributed by atoms with Gasteiger partial charge in [0.15, 0.2) is 0 Å². The van der Waals surface area contributed by atoms with Crippen molar-refractivity contribution < 1.29 is 9.53 Å². The second-order valence-corrected chi connectivity index (χ2v) is 6.33. The third-order valence-electron chi connectivity index (χ3n) is 4.18. The van der Waals surface area contributed by atoms with E-state index < -0.39 is 6.04 Å². The Kier molecular flexibility index (Phi) is 14.0. The van der Waals surface area contributed by atoms with Crippen molar-refractivity contribution in [3.05, 3.63) is 29.8 Å². The number of carbonyl (C=O) groups excluding carboxylic acids is 1. The summed E-state index contributed by atoms with van der Waals surface area (Å²) < 4.78 is 6.01. The Labute approximate surface area is 177 Å². The number of nitrogens with one attached hydrogen (secondary N) is 2. The number of nitrogens with two attached hydrogens (primary N) is 1. The van der Waals surface area contributed by atoms with Crippen LogP contribution in [0.15, 0.2) is 24.3 Å². The van der Waals surface area contributed by atoms with Gasteiger partial charge < -0.3 is 21.1 Å². The Hall–Kier alpha value is -1.33. The predicted octanol–water partition coefficient (Wildman–Crippen LogP) is 2.03. The van der Waals surface area contributed by atoms with E-state index in [1.54, 1.807) is 0 Å². The molecule has 7 heteroatoms. The Balaban J connectivity index is 0.00000338. The van der Waals surface area contributed by atoms with E-state index in [9.17, 15) is 4.79 Å². The van der Waals surface area contributed by atoms with E-state index in [4.69, 9.17) is 10.5 Å². The fraction of sp³-hybridized carbons (Fsp3) is 0.550. The van der Waals surface area contributed by atoms with Crippen LogP contribution in [0.4, 0.5) is 0 Å². The fourth-order valence-electron chi connectivity index (χ4n) is 2.63. The van der Waals surface area contributed by atoms with Crippen molar-refractivity contribution in [2.75, 3.05) is 19.6 Å². The van der Waals surface area contributed by atoms with Gasteiger partial charge in [0.1, 0.15) is 11.9 Å². The van der Waals surface area contributed by atoms with Gasteiger partial charge in [0.2, 0.25) is 5.91 Å². The molecule has 1 aromatic rings. The Morgan fingerprint density at radius 2 is 2.26 bits per heavy atom. The van der Waals surface area contributed by atoms with Crippen molar-refractivity contribution in [1.82, 2.24) is 10.6 Å². The van der Waals surface area contributed by atoms with Gasteiger partial charge in [0, 0.05) is 25.1 Å². The minimum absolute atomic E-state index is 0. The monoisotopic (exact) mass is 411 g/mol. The molecule has 0 aromatic heterocycles. The second-order valence-electron chi connectivity index (χ2n) is 6.33. The number of amides is 1. The first-order valence-corrected chi connectivity index (χ1v) is 9.18. The number of hydrogen-bond acceptors (Lipinski definition) is 4. The molecule has 0 radical (unpaired) electrons. The summed E-state index contributed by atoms with van der Waals surface area (Å²) in [5.74, 6) is 7.10. The topological polar surface area (TPSA) is 76.4 Å². The van der Waals surface area contributed by atoms with Crippen molar-refractivity contribution in [2.24, 2.45) is 5.73 Å². The van der Waals surface area contributed by atoms with Crippen LogP contribution in [0.5, 0.6) is 5.75 Å². The average molecular weight is 412 g/mol. The molecular weight excluding hydrogens is 378 g/mol. The molecule has 1 fully saturated rings. The maximum Gasteiger partial charge on any atom is 0.236 e. The van der Waals surface area contributed by atoms with E-state index in [2.05, 4.69) is 22.5 Å². The van der Waals surface area contributed by atoms with Gasteiger partial charge in [-0.2, -0.15) is 27.0 Å². The summed E-state index contributed by atoms with van der Waals surface area (Å²) in [7, 11) is 0. The first kappa shape index (κ1) is 25.7. The Morgan fingerprint density at radius 1 is 1.44 bits per heavy atom. The zero-order chi connectivity index (χ0) is 17.9. The summed E-state index contributed by atoms with van der Waals surface area (Å²) in [5.41, 5.74) is 6.62. The first-order chi connectivity index (χ1) is 12.2. The van der Waals surface area contributed by atoms with Crippen LogP contribution in [0.25, 0.3) is 0 Å². The van der Waals surface area contributed by atoms with Crippen LogP contribution in [0, 0.1) is 11.8 Å². The van der Waals surface area contributed by atoms with Crippen LogP contribution in [0.2, 0.25) is 0 Å². The predicted molar refractivity (Wildman–Crippen MR) is 121 cm³/mol. The highest BCUT2D eigenvalue weighted by molar-refractivity contribution is 7.59. The van der Waals surface area contributed by atoms with E-state index in [1.807, 2.05) is 31.2 Å². The standard InChI is InChI=1S/C20H29N3O2.2H2S/c1-2-19(21)20(24)23-13-5-3-4-8-16-9-6-10-17(14-16)25-18-11-7-12-22-15-18;;/h6,9-10,14,18-19,22H,2-3,5,7,11-13,15,21H2,1H3,(H,23,24);2*1H2/t18-,19-;;/m0../s1. The van der Waals surface area contributed by atoms with Gasteiger partial charge in [0.25, 0.3) is 0 Å². The van der Waals surface area contributed by atoms with E-state index in [0.29, 0.717) is 13.0 Å². The summed E-state index contributed by atoms with van der Waals surface area (Å²) in [6.07, 6.45) is 4.70. The highest BCUT2D eigenvalue weighted by atomic mass is 32.1. The van der Waals surface area contributed by atoms with Gasteiger partial charge in [-0.05, 0) is 50.4 Å². The molecule has 0 spiro atoms. The van der Waals surface area contributed by atoms with E-state index >= 15 is 0 Å². The molecule has 1 aliphatic rings. The first-order valence-electron chi connectivity index (χ1n) is 9.18. The maximum atomic E-state index is 11.5. The maximum absolute atomic E-state index is 11.5. The van der Waals surface area contributed by atoms with E-state index in [1.165, 1.54) is 0 Å². The lowest BCUT2D eigenvalue weighted by molar-refractivity contribution is -0.122. The van der Waals surface area contributed by atoms with Gasteiger partial charge in [0.05, 0.1) is 6.04 Å². The number of carbonyl (C=O) groups is 1. The van der Waals surface area contributed by atoms with E-state index in [0.717, 1.165) is 50.1 Å². The second kappa shape index (κ2) is 14.7. The zero-order valence-corrected chi connectivity index (χ0v) is 18.0. The fourth-order valence-corrected chi connectivity index (χ4v) is 2.63. The molecule has 152 valence electrons. The van der Waals surface area contributed by atoms with Crippen LogP contribution < -0.4 is 21.1 Å². The summed E-state index contributed by atoms with van der Waals surface area (Å²) in [6, 6.07) is 7.52. The smallest absolute Gasteiger partial charge is 0.236 e. The molecule has 5 nitrogen and oxygen atoms in total. The average Bonchev–Trinajstić information content (AvgIpc) is 2.64. The zero-order valence-electron chi connectivity index (χ0n) is 16.0. The largest absolute Gasteiger partial charge is 0.489 e. The minimum Gasteiger partial charge on any atom is -0.489 e. The van der Waals surface area contributed by atoms with E-state index in [-0.39, 0.29) is 39.0 Å². The van der Waals surface area contributed by atoms with Crippen molar-refractivity contribution in [3.8, 4) is 17.6 Å². The van der Waals surface area contributed by atoms with Crippen molar-refractivity contribution in [2.45, 2.75) is 51.2 Å². The van der Waals surface area contributed by atoms with Gasteiger partial charge in [-0.3, -0.25) is 4.79 Å². The van der Waals surface area contributed by atoms with Crippen LogP contribution in [-0.2, 0) is 4.79 Å². The molecule has 1 heterocycles. The molecule has 27 heavy (non-hydrogen) atoms. The number of piperidine rings is 1. The number of benzene rings is 1. The summed E-state index contributed by atoms with van der Waals surface area (Å²) in [5, 5.41) is 6.18. The molecule has 1 aromatic carbocycles. The van der Waals surface area contributed by atoms with Crippen LogP contribution in [0.3, 0.4) is 0 Å². The highest BCUT2D eigenvalue weighted by Gasteiger charge is 2.14. The van der Waals surface area contributed by atoms with Gasteiger partial charge >= 0.3 is 0 Å². The molecule has 1 aliphatic heterocycles. The number of rotatable bonds is 7. The summed E-state index contributed by atoms with van der Waals surface area (Å²) in [4.78, 5) is 11.5. The summed E-state index contributed by atoms with van der Waals surface area (Å²) >= 11 is 0.